The van der Waals surface area contributed by atoms with Crippen LogP contribution in [0.1, 0.15) is 84.8 Å². The van der Waals surface area contributed by atoms with Crippen LogP contribution in [0.3, 0.4) is 0 Å². The standard InChI is InChI=1S/C47H59Cl4NO9/c1-32(24-33(2)17-23-42(47(49,50)51)59-31-58-30-36-13-9-8-10-14-36)16-20-37(53)25-43(54)52(29-35-18-21-38(57-7)22-19-35)28-34(3)12-11-15-44(55)60-41(39-26-40(39)48)27-45(56)61-46(4,5)6/h8-16,18-22,24,33,39-42H,17,23,25-31H2,1-7H3/b15-11+,20-16+,32-24+,34-12-. The third-order valence-electron chi connectivity index (χ3n) is 9.35. The summed E-state index contributed by atoms with van der Waals surface area (Å²) in [7, 11) is 1.57. The van der Waals surface area contributed by atoms with Gasteiger partial charge in [0, 0.05) is 30.5 Å². The molecule has 1 aliphatic rings. The van der Waals surface area contributed by atoms with Gasteiger partial charge in [0.2, 0.25) is 9.70 Å². The monoisotopic (exact) mass is 921 g/mol. The summed E-state index contributed by atoms with van der Waals surface area (Å²) in [6.45, 7) is 11.8. The van der Waals surface area contributed by atoms with Crippen molar-refractivity contribution in [3.05, 3.63) is 113 Å². The van der Waals surface area contributed by atoms with Gasteiger partial charge in [0.15, 0.2) is 5.78 Å². The minimum absolute atomic E-state index is 0.0299. The van der Waals surface area contributed by atoms with Crippen molar-refractivity contribution in [2.75, 3.05) is 20.4 Å². The molecule has 0 aliphatic heterocycles. The van der Waals surface area contributed by atoms with E-state index in [9.17, 15) is 19.2 Å². The minimum Gasteiger partial charge on any atom is -0.497 e. The second kappa shape index (κ2) is 25.5. The van der Waals surface area contributed by atoms with Crippen molar-refractivity contribution >= 4 is 70.0 Å². The van der Waals surface area contributed by atoms with E-state index in [1.807, 2.05) is 69.3 Å². The van der Waals surface area contributed by atoms with Gasteiger partial charge in [-0.05, 0) is 89.1 Å². The van der Waals surface area contributed by atoms with Crippen LogP contribution in [0.4, 0.5) is 0 Å². The number of amides is 1. The molecule has 10 nitrogen and oxygen atoms in total. The van der Waals surface area contributed by atoms with E-state index in [1.165, 1.54) is 18.2 Å². The van der Waals surface area contributed by atoms with Crippen molar-refractivity contribution in [3.8, 4) is 5.75 Å². The summed E-state index contributed by atoms with van der Waals surface area (Å²) < 4.78 is 26.0. The van der Waals surface area contributed by atoms with Crippen molar-refractivity contribution in [3.63, 3.8) is 0 Å². The summed E-state index contributed by atoms with van der Waals surface area (Å²) in [5.41, 5.74) is 2.76. The molecule has 5 atom stereocenters. The first kappa shape index (κ1) is 51.7. The number of alkyl halides is 4. The highest BCUT2D eigenvalue weighted by molar-refractivity contribution is 6.68. The molecule has 3 rings (SSSR count). The topological polar surface area (TPSA) is 118 Å². The molecule has 0 radical (unpaired) electrons. The Morgan fingerprint density at radius 3 is 2.20 bits per heavy atom. The Labute approximate surface area is 381 Å². The number of carbonyl (C=O) groups excluding carboxylic acids is 4. The number of allylic oxidation sites excluding steroid dienone is 6. The molecule has 2 aromatic rings. The van der Waals surface area contributed by atoms with Gasteiger partial charge in [-0.15, -0.1) is 11.6 Å². The lowest BCUT2D eigenvalue weighted by Gasteiger charge is -2.25. The summed E-state index contributed by atoms with van der Waals surface area (Å²) in [5, 5.41) is -0.171. The number of rotatable bonds is 24. The van der Waals surface area contributed by atoms with Gasteiger partial charge in [-0.2, -0.15) is 0 Å². The van der Waals surface area contributed by atoms with Crippen LogP contribution in [-0.4, -0.2) is 76.0 Å². The summed E-state index contributed by atoms with van der Waals surface area (Å²) >= 11 is 24.9. The number of ether oxygens (including phenoxy) is 5. The molecule has 1 fully saturated rings. The number of methoxy groups -OCH3 is 1. The Balaban J connectivity index is 1.58. The first-order chi connectivity index (χ1) is 28.7. The number of esters is 2. The fraction of sp³-hybridized carbons (Fsp3) is 0.489. The maximum atomic E-state index is 13.6. The molecule has 0 N–H and O–H groups in total. The lowest BCUT2D eigenvalue weighted by Crippen LogP contribution is -2.33. The highest BCUT2D eigenvalue weighted by Crippen LogP contribution is 2.41. The number of hydrogen-bond acceptors (Lipinski definition) is 9. The summed E-state index contributed by atoms with van der Waals surface area (Å²) in [4.78, 5) is 53.5. The lowest BCUT2D eigenvalue weighted by atomic mass is 10.00. The van der Waals surface area contributed by atoms with Crippen molar-refractivity contribution in [2.24, 2.45) is 11.8 Å². The SMILES string of the molecule is COc1ccc(CN(C/C(C)=C\C=C\C(=O)OC(CC(=O)OC(C)(C)C)C2CC2Cl)C(=O)CC(=O)/C=C/C(C)=C/C(C)CCC(OCOCc2ccccc2)C(Cl)(Cl)Cl)cc1. The van der Waals surface area contributed by atoms with Gasteiger partial charge in [0.25, 0.3) is 0 Å². The van der Waals surface area contributed by atoms with Crippen LogP contribution in [0.15, 0.2) is 102 Å². The van der Waals surface area contributed by atoms with Crippen LogP contribution in [0.5, 0.6) is 5.75 Å². The largest absolute Gasteiger partial charge is 0.497 e. The van der Waals surface area contributed by atoms with Gasteiger partial charge in [0.1, 0.15) is 30.4 Å². The zero-order chi connectivity index (χ0) is 45.2. The van der Waals surface area contributed by atoms with Crippen LogP contribution >= 0.6 is 46.4 Å². The quantitative estimate of drug-likeness (QED) is 0.0193. The maximum absolute atomic E-state index is 13.6. The molecule has 1 saturated carbocycles. The van der Waals surface area contributed by atoms with E-state index in [0.29, 0.717) is 31.6 Å². The fourth-order valence-electron chi connectivity index (χ4n) is 6.16. The van der Waals surface area contributed by atoms with Crippen molar-refractivity contribution in [1.82, 2.24) is 4.90 Å². The summed E-state index contributed by atoms with van der Waals surface area (Å²) in [6, 6.07) is 17.0. The van der Waals surface area contributed by atoms with E-state index in [0.717, 1.165) is 22.3 Å². The zero-order valence-electron chi connectivity index (χ0n) is 36.0. The molecular formula is C47H59Cl4NO9. The molecule has 334 valence electrons. The Bertz CT molecular complexity index is 1850. The van der Waals surface area contributed by atoms with E-state index >= 15 is 0 Å². The molecule has 2 aromatic carbocycles. The van der Waals surface area contributed by atoms with E-state index in [-0.39, 0.29) is 61.6 Å². The van der Waals surface area contributed by atoms with E-state index in [4.69, 9.17) is 70.1 Å². The predicted molar refractivity (Wildman–Crippen MR) is 242 cm³/mol. The van der Waals surface area contributed by atoms with Crippen LogP contribution in [-0.2, 0) is 51.3 Å². The fourth-order valence-corrected chi connectivity index (χ4v) is 7.05. The number of carbonyl (C=O) groups is 4. The summed E-state index contributed by atoms with van der Waals surface area (Å²) in [6.07, 6.45) is 9.48. The first-order valence-corrected chi connectivity index (χ1v) is 21.8. The van der Waals surface area contributed by atoms with Gasteiger partial charge in [-0.1, -0.05) is 120 Å². The predicted octanol–water partition coefficient (Wildman–Crippen LogP) is 10.6. The molecule has 0 saturated heterocycles. The van der Waals surface area contributed by atoms with E-state index in [2.05, 4.69) is 0 Å². The Kier molecular flexibility index (Phi) is 21.6. The molecule has 0 bridgehead atoms. The smallest absolute Gasteiger partial charge is 0.331 e. The Morgan fingerprint density at radius 1 is 0.918 bits per heavy atom. The average molecular weight is 924 g/mol. The van der Waals surface area contributed by atoms with Crippen molar-refractivity contribution in [1.29, 1.82) is 0 Å². The first-order valence-electron chi connectivity index (χ1n) is 20.2. The average Bonchev–Trinajstić information content (AvgIpc) is 3.91. The third-order valence-corrected chi connectivity index (χ3v) is 10.6. The lowest BCUT2D eigenvalue weighted by molar-refractivity contribution is -0.160. The molecule has 0 spiro atoms. The maximum Gasteiger partial charge on any atom is 0.331 e. The molecule has 61 heavy (non-hydrogen) atoms. The number of benzene rings is 2. The van der Waals surface area contributed by atoms with Crippen LogP contribution in [0.2, 0.25) is 0 Å². The van der Waals surface area contributed by atoms with Gasteiger partial charge in [-0.25, -0.2) is 4.79 Å². The second-order valence-corrected chi connectivity index (χ2v) is 19.2. The van der Waals surface area contributed by atoms with Crippen LogP contribution in [0, 0.1) is 11.8 Å². The molecule has 0 aromatic heterocycles. The number of ketones is 1. The molecule has 1 aliphatic carbocycles. The highest BCUT2D eigenvalue weighted by Gasteiger charge is 2.45. The van der Waals surface area contributed by atoms with Gasteiger partial charge in [0.05, 0.1) is 26.6 Å². The normalized spacial score (nSPS) is 17.5. The van der Waals surface area contributed by atoms with Gasteiger partial charge < -0.3 is 28.6 Å². The van der Waals surface area contributed by atoms with Gasteiger partial charge in [-0.3, -0.25) is 14.4 Å². The number of nitrogens with zero attached hydrogens (tertiary/aromatic N) is 1. The summed E-state index contributed by atoms with van der Waals surface area (Å²) in [5.74, 6) is -1.21. The van der Waals surface area contributed by atoms with E-state index in [1.54, 1.807) is 57.1 Å². The van der Waals surface area contributed by atoms with E-state index < -0.39 is 33.5 Å². The van der Waals surface area contributed by atoms with Crippen LogP contribution < -0.4 is 4.74 Å². The molecule has 5 unspecified atom stereocenters. The third kappa shape index (κ3) is 21.3. The number of hydrogen-bond donors (Lipinski definition) is 0. The minimum atomic E-state index is -1.65. The Morgan fingerprint density at radius 2 is 1.59 bits per heavy atom. The molecule has 0 heterocycles. The number of halogens is 4. The van der Waals surface area contributed by atoms with Gasteiger partial charge >= 0.3 is 11.9 Å². The van der Waals surface area contributed by atoms with Crippen molar-refractivity contribution < 1.29 is 42.9 Å². The Hall–Kier alpha value is -3.64. The molecule has 14 heteroatoms. The van der Waals surface area contributed by atoms with Crippen LogP contribution in [0.25, 0.3) is 0 Å². The molecule has 1 amide bonds. The highest BCUT2D eigenvalue weighted by atomic mass is 35.6. The second-order valence-electron chi connectivity index (χ2n) is 16.2. The van der Waals surface area contributed by atoms with Crippen molar-refractivity contribution in [2.45, 2.75) is 114 Å². The molecular weight excluding hydrogens is 864 g/mol. The zero-order valence-corrected chi connectivity index (χ0v) is 39.1.